The highest BCUT2D eigenvalue weighted by Gasteiger charge is 2.20. The molecule has 1 aromatic rings. The molecular weight excluding hydrogens is 256 g/mol. The third-order valence-corrected chi connectivity index (χ3v) is 4.12. The van der Waals surface area contributed by atoms with Gasteiger partial charge in [-0.2, -0.15) is 10.5 Å². The molecule has 0 atom stereocenters. The van der Waals surface area contributed by atoms with Gasteiger partial charge in [0, 0.05) is 31.1 Å². The fourth-order valence-corrected chi connectivity index (χ4v) is 2.88. The third kappa shape index (κ3) is 3.01. The van der Waals surface area contributed by atoms with Gasteiger partial charge in [-0.15, -0.1) is 11.8 Å². The molecule has 1 saturated heterocycles. The van der Waals surface area contributed by atoms with E-state index in [1.165, 1.54) is 0 Å². The second-order valence-corrected chi connectivity index (χ2v) is 5.24. The second kappa shape index (κ2) is 6.47. The molecule has 1 aliphatic heterocycles. The van der Waals surface area contributed by atoms with Crippen LogP contribution in [-0.2, 0) is 0 Å². The summed E-state index contributed by atoms with van der Waals surface area (Å²) in [6, 6.07) is 10.5. The first kappa shape index (κ1) is 13.7. The minimum atomic E-state index is 0.490. The van der Waals surface area contributed by atoms with Crippen molar-refractivity contribution in [3.8, 4) is 12.1 Å². The van der Waals surface area contributed by atoms with Crippen LogP contribution in [0.5, 0.6) is 0 Å². The van der Waals surface area contributed by atoms with Crippen LogP contribution in [0.1, 0.15) is 5.56 Å². The first-order chi connectivity index (χ1) is 9.30. The van der Waals surface area contributed by atoms with Crippen molar-refractivity contribution in [1.29, 1.82) is 10.5 Å². The van der Waals surface area contributed by atoms with E-state index in [1.54, 1.807) is 11.8 Å². The average molecular weight is 272 g/mol. The summed E-state index contributed by atoms with van der Waals surface area (Å²) < 4.78 is 0. The van der Waals surface area contributed by atoms with Gasteiger partial charge in [0.1, 0.15) is 6.07 Å². The Bertz CT molecular complexity index is 521. The lowest BCUT2D eigenvalue weighted by Crippen LogP contribution is -2.46. The minimum absolute atomic E-state index is 0.490. The van der Waals surface area contributed by atoms with Crippen molar-refractivity contribution in [2.24, 2.45) is 0 Å². The predicted octanol–water partition coefficient (Wildman–Crippen LogP) is 1.93. The summed E-state index contributed by atoms with van der Waals surface area (Å²) >= 11 is 1.60. The zero-order valence-electron chi connectivity index (χ0n) is 11.0. The summed E-state index contributed by atoms with van der Waals surface area (Å²) in [4.78, 5) is 5.41. The fourth-order valence-electron chi connectivity index (χ4n) is 2.31. The van der Waals surface area contributed by atoms with Crippen molar-refractivity contribution in [2.45, 2.75) is 4.90 Å². The number of piperazine rings is 1. The molecule has 0 N–H and O–H groups in total. The highest BCUT2D eigenvalue weighted by Crippen LogP contribution is 2.29. The van der Waals surface area contributed by atoms with E-state index in [0.717, 1.165) is 42.3 Å². The Kier molecular flexibility index (Phi) is 4.68. The average Bonchev–Trinajstić information content (AvgIpc) is 2.47. The topological polar surface area (TPSA) is 54.1 Å². The van der Waals surface area contributed by atoms with Gasteiger partial charge in [-0.05, 0) is 18.4 Å². The van der Waals surface area contributed by atoms with Crippen molar-refractivity contribution < 1.29 is 0 Å². The van der Waals surface area contributed by atoms with Crippen LogP contribution in [-0.4, -0.2) is 43.9 Å². The fraction of sp³-hybridized carbons (Fsp3) is 0.429. The number of anilines is 1. The molecule has 0 spiro atoms. The van der Waals surface area contributed by atoms with E-state index in [1.807, 2.05) is 24.5 Å². The van der Waals surface area contributed by atoms with E-state index < -0.39 is 0 Å². The maximum atomic E-state index is 9.35. The molecule has 0 unspecified atom stereocenters. The Labute approximate surface area is 118 Å². The Balaban J connectivity index is 2.16. The Morgan fingerprint density at radius 3 is 2.53 bits per heavy atom. The van der Waals surface area contributed by atoms with Crippen molar-refractivity contribution >= 4 is 17.4 Å². The lowest BCUT2D eigenvalue weighted by Gasteiger charge is -2.35. The van der Waals surface area contributed by atoms with Gasteiger partial charge < -0.3 is 4.90 Å². The van der Waals surface area contributed by atoms with Gasteiger partial charge in [-0.1, -0.05) is 6.07 Å². The molecule has 1 fully saturated rings. The zero-order valence-corrected chi connectivity index (χ0v) is 11.8. The molecule has 0 aromatic heterocycles. The normalized spacial score (nSPS) is 15.8. The van der Waals surface area contributed by atoms with Crippen LogP contribution in [0.3, 0.4) is 0 Å². The molecule has 1 aromatic carbocycles. The number of thioether (sulfide) groups is 1. The molecule has 0 bridgehead atoms. The van der Waals surface area contributed by atoms with Crippen LogP contribution in [0, 0.1) is 22.7 Å². The first-order valence-electron chi connectivity index (χ1n) is 6.21. The van der Waals surface area contributed by atoms with E-state index in [4.69, 9.17) is 5.26 Å². The van der Waals surface area contributed by atoms with Crippen LogP contribution in [0.2, 0.25) is 0 Å². The van der Waals surface area contributed by atoms with Gasteiger partial charge in [0.2, 0.25) is 0 Å². The van der Waals surface area contributed by atoms with Crippen LogP contribution in [0.15, 0.2) is 23.1 Å². The van der Waals surface area contributed by atoms with Gasteiger partial charge in [-0.3, -0.25) is 4.90 Å². The maximum absolute atomic E-state index is 9.35. The molecule has 2 rings (SSSR count). The highest BCUT2D eigenvalue weighted by molar-refractivity contribution is 7.98. The largest absolute Gasteiger partial charge is 0.368 e. The molecule has 4 nitrogen and oxygen atoms in total. The number of nitriles is 2. The molecule has 0 aliphatic carbocycles. The van der Waals surface area contributed by atoms with Crippen LogP contribution < -0.4 is 4.90 Å². The van der Waals surface area contributed by atoms with Gasteiger partial charge in [-0.25, -0.2) is 0 Å². The maximum Gasteiger partial charge on any atom is 0.103 e. The molecule has 0 saturated carbocycles. The molecule has 1 aliphatic rings. The monoisotopic (exact) mass is 272 g/mol. The summed E-state index contributed by atoms with van der Waals surface area (Å²) in [6.07, 6.45) is 1.99. The summed E-state index contributed by atoms with van der Waals surface area (Å²) in [7, 11) is 0. The van der Waals surface area contributed by atoms with Gasteiger partial charge in [0.05, 0.1) is 23.9 Å². The van der Waals surface area contributed by atoms with E-state index in [0.29, 0.717) is 6.54 Å². The number of hydrogen-bond acceptors (Lipinski definition) is 5. The minimum Gasteiger partial charge on any atom is -0.368 e. The molecule has 1 heterocycles. The number of hydrogen-bond donors (Lipinski definition) is 0. The number of rotatable bonds is 3. The summed E-state index contributed by atoms with van der Waals surface area (Å²) in [5.74, 6) is 0. The van der Waals surface area contributed by atoms with E-state index in [2.05, 4.69) is 21.9 Å². The molecule has 98 valence electrons. The van der Waals surface area contributed by atoms with E-state index in [-0.39, 0.29) is 0 Å². The summed E-state index contributed by atoms with van der Waals surface area (Å²) in [5.41, 5.74) is 1.79. The summed E-state index contributed by atoms with van der Waals surface area (Å²) in [5, 5.41) is 18.1. The first-order valence-corrected chi connectivity index (χ1v) is 7.44. The molecule has 0 radical (unpaired) electrons. The van der Waals surface area contributed by atoms with Crippen molar-refractivity contribution in [3.05, 3.63) is 23.8 Å². The van der Waals surface area contributed by atoms with E-state index >= 15 is 0 Å². The van der Waals surface area contributed by atoms with Gasteiger partial charge in [0.15, 0.2) is 0 Å². The van der Waals surface area contributed by atoms with Crippen LogP contribution in [0.25, 0.3) is 0 Å². The van der Waals surface area contributed by atoms with Crippen LogP contribution >= 0.6 is 11.8 Å². The van der Waals surface area contributed by atoms with E-state index in [9.17, 15) is 5.26 Å². The smallest absolute Gasteiger partial charge is 0.103 e. The lowest BCUT2D eigenvalue weighted by atomic mass is 10.1. The predicted molar refractivity (Wildman–Crippen MR) is 77.2 cm³/mol. The molecule has 0 amide bonds. The third-order valence-electron chi connectivity index (χ3n) is 3.34. The number of nitrogens with zero attached hydrogens (tertiary/aromatic N) is 4. The standard InChI is InChI=1S/C14H16N4S/c1-19-14-4-2-3-13(12(14)11-16)18-9-7-17(6-5-15)8-10-18/h2-4H,6-10H2,1H3. The quantitative estimate of drug-likeness (QED) is 0.621. The zero-order chi connectivity index (χ0) is 13.7. The highest BCUT2D eigenvalue weighted by atomic mass is 32.2. The Morgan fingerprint density at radius 2 is 1.95 bits per heavy atom. The van der Waals surface area contributed by atoms with Gasteiger partial charge in [0.25, 0.3) is 0 Å². The van der Waals surface area contributed by atoms with Crippen molar-refractivity contribution in [2.75, 3.05) is 43.9 Å². The van der Waals surface area contributed by atoms with Crippen molar-refractivity contribution in [1.82, 2.24) is 4.90 Å². The lowest BCUT2D eigenvalue weighted by molar-refractivity contribution is 0.287. The summed E-state index contributed by atoms with van der Waals surface area (Å²) in [6.45, 7) is 3.98. The molecular formula is C14H16N4S. The van der Waals surface area contributed by atoms with Crippen LogP contribution in [0.4, 0.5) is 5.69 Å². The number of benzene rings is 1. The van der Waals surface area contributed by atoms with Gasteiger partial charge >= 0.3 is 0 Å². The Hall–Kier alpha value is -1.69. The van der Waals surface area contributed by atoms with Crippen molar-refractivity contribution in [3.63, 3.8) is 0 Å². The Morgan fingerprint density at radius 1 is 1.21 bits per heavy atom. The molecule has 5 heteroatoms. The SMILES string of the molecule is CSc1cccc(N2CCN(CC#N)CC2)c1C#N. The second-order valence-electron chi connectivity index (χ2n) is 4.39. The molecule has 19 heavy (non-hydrogen) atoms.